The van der Waals surface area contributed by atoms with Gasteiger partial charge in [-0.15, -0.1) is 0 Å². The molecule has 1 saturated carbocycles. The second kappa shape index (κ2) is 15.2. The summed E-state index contributed by atoms with van der Waals surface area (Å²) < 4.78 is 54.4. The number of hydrogen-bond donors (Lipinski definition) is 1. The van der Waals surface area contributed by atoms with Gasteiger partial charge in [0.1, 0.15) is 11.4 Å². The summed E-state index contributed by atoms with van der Waals surface area (Å²) in [7, 11) is -0.446. The molecular formula is C40H54ClN3O7S. The summed E-state index contributed by atoms with van der Waals surface area (Å²) in [6.45, 7) is 8.96. The SMILES string of the molecule is COC[C@H]1CN(C[C@]2(OC)/C=C/C[C@H](C)[C@@H](C)S(=O)(=O)NC(=O)c3ccc4c(c3)N(C[C@@H]3CC[C@H]32)C[C@@]2(CCCc3cc(Cl)ccc32)CO4)CCO1. The molecular weight excluding hydrogens is 702 g/mol. The molecule has 0 aromatic heterocycles. The van der Waals surface area contributed by atoms with Crippen LogP contribution in [0.4, 0.5) is 5.69 Å². The molecule has 2 aliphatic carbocycles. The molecule has 2 aromatic carbocycles. The number of nitrogens with zero attached hydrogens (tertiary/aromatic N) is 2. The van der Waals surface area contributed by atoms with E-state index in [9.17, 15) is 13.2 Å². The van der Waals surface area contributed by atoms with Gasteiger partial charge in [-0.2, -0.15) is 0 Å². The largest absolute Gasteiger partial charge is 0.490 e. The van der Waals surface area contributed by atoms with E-state index >= 15 is 0 Å². The maximum Gasteiger partial charge on any atom is 0.264 e. The topological polar surface area (TPSA) is 107 Å². The first-order chi connectivity index (χ1) is 25.0. The van der Waals surface area contributed by atoms with Crippen LogP contribution in [0.15, 0.2) is 48.6 Å². The average molecular weight is 756 g/mol. The third kappa shape index (κ3) is 7.38. The van der Waals surface area contributed by atoms with Crippen molar-refractivity contribution in [2.45, 2.75) is 74.7 Å². The van der Waals surface area contributed by atoms with Crippen molar-refractivity contribution in [1.82, 2.24) is 9.62 Å². The molecule has 12 heteroatoms. The highest BCUT2D eigenvalue weighted by molar-refractivity contribution is 7.90. The number of halogens is 1. The van der Waals surface area contributed by atoms with Gasteiger partial charge >= 0.3 is 0 Å². The smallest absolute Gasteiger partial charge is 0.264 e. The van der Waals surface area contributed by atoms with Crippen molar-refractivity contribution in [3.8, 4) is 5.75 Å². The van der Waals surface area contributed by atoms with Crippen LogP contribution in [0.1, 0.15) is 67.4 Å². The maximum absolute atomic E-state index is 13.6. The van der Waals surface area contributed by atoms with Crippen molar-refractivity contribution >= 4 is 33.2 Å². The third-order valence-corrected chi connectivity index (χ3v) is 14.8. The van der Waals surface area contributed by atoms with Gasteiger partial charge in [0.2, 0.25) is 10.0 Å². The van der Waals surface area contributed by atoms with E-state index in [-0.39, 0.29) is 23.4 Å². The van der Waals surface area contributed by atoms with Crippen LogP contribution in [0.25, 0.3) is 0 Å². The van der Waals surface area contributed by atoms with Gasteiger partial charge in [0.05, 0.1) is 36.9 Å². The van der Waals surface area contributed by atoms with Gasteiger partial charge in [-0.25, -0.2) is 13.1 Å². The number of methoxy groups -OCH3 is 2. The fraction of sp³-hybridized carbons (Fsp3) is 0.625. The van der Waals surface area contributed by atoms with E-state index < -0.39 is 26.8 Å². The summed E-state index contributed by atoms with van der Waals surface area (Å²) in [5.74, 6) is 0.356. The lowest BCUT2D eigenvalue weighted by molar-refractivity contribution is -0.118. The molecule has 3 heterocycles. The molecule has 5 aliphatic rings. The Morgan fingerprint density at radius 1 is 1.10 bits per heavy atom. The summed E-state index contributed by atoms with van der Waals surface area (Å²) >= 11 is 6.49. The Morgan fingerprint density at radius 3 is 2.71 bits per heavy atom. The van der Waals surface area contributed by atoms with Crippen LogP contribution in [-0.4, -0.2) is 103 Å². The molecule has 1 amide bonds. The second-order valence-corrected chi connectivity index (χ2v) is 18.3. The molecule has 1 saturated heterocycles. The Bertz CT molecular complexity index is 1770. The minimum atomic E-state index is -3.97. The van der Waals surface area contributed by atoms with E-state index in [1.807, 2.05) is 32.2 Å². The molecule has 7 rings (SSSR count). The zero-order chi connectivity index (χ0) is 36.7. The molecule has 2 bridgehead atoms. The molecule has 2 aromatic rings. The highest BCUT2D eigenvalue weighted by atomic mass is 35.5. The van der Waals surface area contributed by atoms with Crippen molar-refractivity contribution in [3.05, 3.63) is 70.3 Å². The normalized spacial score (nSPS) is 34.2. The number of rotatable bonds is 5. The van der Waals surface area contributed by atoms with E-state index in [2.05, 4.69) is 38.8 Å². The van der Waals surface area contributed by atoms with Gasteiger partial charge in [0.15, 0.2) is 0 Å². The third-order valence-electron chi connectivity index (χ3n) is 12.7. The molecule has 52 heavy (non-hydrogen) atoms. The van der Waals surface area contributed by atoms with E-state index in [0.717, 1.165) is 62.4 Å². The van der Waals surface area contributed by atoms with E-state index in [1.165, 1.54) is 11.1 Å². The zero-order valence-electron chi connectivity index (χ0n) is 30.9. The molecule has 0 radical (unpaired) electrons. The van der Waals surface area contributed by atoms with Gasteiger partial charge < -0.3 is 23.8 Å². The van der Waals surface area contributed by atoms with Crippen LogP contribution in [0.2, 0.25) is 5.02 Å². The highest BCUT2D eigenvalue weighted by Gasteiger charge is 2.50. The fourth-order valence-corrected chi connectivity index (χ4v) is 10.8. The number of carbonyl (C=O) groups excluding carboxylic acids is 1. The zero-order valence-corrected chi connectivity index (χ0v) is 32.5. The first-order valence-corrected chi connectivity index (χ1v) is 20.8. The number of nitrogens with one attached hydrogen (secondary N) is 1. The van der Waals surface area contributed by atoms with Crippen molar-refractivity contribution in [2.75, 3.05) is 71.7 Å². The van der Waals surface area contributed by atoms with Crippen molar-refractivity contribution < 1.29 is 32.2 Å². The minimum Gasteiger partial charge on any atom is -0.490 e. The Balaban J connectivity index is 1.30. The standard InChI is InChI=1S/C40H54ClN3O7S/c1-27-7-5-16-40(49-4,25-43-17-18-50-33(22-43)23-48-3)35-12-9-31(35)21-44-24-39(15-6-8-29-19-32(41)11-13-34(29)39)26-51-37-14-10-30(20-36(37)44)38(45)42-52(46,47)28(27)2/h5,10-11,13-14,16,19-20,27-28,31,33,35H,6-9,12,15,17-18,21-26H2,1-4H3,(H,42,45)/b16-5+/t27-,28+,31-,33+,35+,39-,40+/m0/s1. The first-order valence-electron chi connectivity index (χ1n) is 18.9. The summed E-state index contributed by atoms with van der Waals surface area (Å²) in [4.78, 5) is 18.5. The van der Waals surface area contributed by atoms with Crippen LogP contribution in [-0.2, 0) is 36.1 Å². The van der Waals surface area contributed by atoms with Gasteiger partial charge in [-0.3, -0.25) is 9.69 Å². The van der Waals surface area contributed by atoms with Crippen molar-refractivity contribution in [2.24, 2.45) is 17.8 Å². The molecule has 284 valence electrons. The number of morpholine rings is 1. The van der Waals surface area contributed by atoms with Crippen LogP contribution in [0.3, 0.4) is 0 Å². The second-order valence-electron chi connectivity index (χ2n) is 15.9. The Labute approximate surface area is 314 Å². The van der Waals surface area contributed by atoms with E-state index in [4.69, 9.17) is 30.5 Å². The minimum absolute atomic E-state index is 0.00598. The summed E-state index contributed by atoms with van der Waals surface area (Å²) in [5, 5.41) is -0.0557. The monoisotopic (exact) mass is 755 g/mol. The predicted octanol–water partition coefficient (Wildman–Crippen LogP) is 5.62. The van der Waals surface area contributed by atoms with Gasteiger partial charge in [-0.1, -0.05) is 36.7 Å². The molecule has 10 nitrogen and oxygen atoms in total. The summed E-state index contributed by atoms with van der Waals surface area (Å²) in [6.07, 6.45) is 9.87. The van der Waals surface area contributed by atoms with Crippen LogP contribution >= 0.6 is 11.6 Å². The Kier molecular flexibility index (Phi) is 11.0. The first kappa shape index (κ1) is 37.6. The molecule has 7 atom stereocenters. The van der Waals surface area contributed by atoms with E-state index in [0.29, 0.717) is 56.6 Å². The molecule has 1 spiro atoms. The molecule has 2 fully saturated rings. The van der Waals surface area contributed by atoms with Gasteiger partial charge in [0, 0.05) is 62.9 Å². The number of aryl methyl sites for hydroxylation is 1. The maximum atomic E-state index is 13.6. The van der Waals surface area contributed by atoms with E-state index in [1.54, 1.807) is 20.1 Å². The lowest BCUT2D eigenvalue weighted by Gasteiger charge is -2.52. The summed E-state index contributed by atoms with van der Waals surface area (Å²) in [5.41, 5.74) is 2.77. The molecule has 0 unspecified atom stereocenters. The fourth-order valence-electron chi connectivity index (χ4n) is 9.37. The number of anilines is 1. The number of benzene rings is 2. The highest BCUT2D eigenvalue weighted by Crippen LogP contribution is 2.49. The summed E-state index contributed by atoms with van der Waals surface area (Å²) in [6, 6.07) is 11.6. The quantitative estimate of drug-likeness (QED) is 0.390. The molecule has 1 N–H and O–H groups in total. The average Bonchev–Trinajstić information content (AvgIpc) is 3.26. The van der Waals surface area contributed by atoms with Crippen molar-refractivity contribution in [1.29, 1.82) is 0 Å². The number of ether oxygens (including phenoxy) is 4. The van der Waals surface area contributed by atoms with Crippen LogP contribution in [0.5, 0.6) is 5.75 Å². The number of amides is 1. The Morgan fingerprint density at radius 2 is 1.94 bits per heavy atom. The number of fused-ring (bicyclic) bond motifs is 4. The van der Waals surface area contributed by atoms with Crippen LogP contribution in [0, 0.1) is 17.8 Å². The predicted molar refractivity (Wildman–Crippen MR) is 203 cm³/mol. The number of carbonyl (C=O) groups is 1. The molecule has 3 aliphatic heterocycles. The van der Waals surface area contributed by atoms with Crippen molar-refractivity contribution in [3.63, 3.8) is 0 Å². The van der Waals surface area contributed by atoms with Crippen LogP contribution < -0.4 is 14.4 Å². The van der Waals surface area contributed by atoms with Gasteiger partial charge in [0.25, 0.3) is 5.91 Å². The van der Waals surface area contributed by atoms with Gasteiger partial charge in [-0.05, 0) is 105 Å². The lowest BCUT2D eigenvalue weighted by Crippen LogP contribution is -2.59. The Hall–Kier alpha value is -2.67. The number of allylic oxidation sites excluding steroid dienone is 1. The number of hydrogen-bond acceptors (Lipinski definition) is 9. The lowest BCUT2D eigenvalue weighted by atomic mass is 9.63. The number of sulfonamides is 1.